The molecule has 5 heteroatoms. The van der Waals surface area contributed by atoms with Gasteiger partial charge in [-0.15, -0.1) is 0 Å². The van der Waals surface area contributed by atoms with Gasteiger partial charge in [-0.3, -0.25) is 0 Å². The lowest BCUT2D eigenvalue weighted by Crippen LogP contribution is -2.33. The molecule has 1 aliphatic rings. The first-order valence-corrected chi connectivity index (χ1v) is 16.1. The first-order chi connectivity index (χ1) is 23.8. The lowest BCUT2D eigenvalue weighted by molar-refractivity contribution is 0.667. The van der Waals surface area contributed by atoms with Crippen LogP contribution in [0.15, 0.2) is 170 Å². The van der Waals surface area contributed by atoms with Gasteiger partial charge in [0.2, 0.25) is 0 Å². The minimum atomic E-state index is -0.337. The number of fused-ring (bicyclic) bond motifs is 7. The molecule has 0 amide bonds. The van der Waals surface area contributed by atoms with E-state index in [4.69, 9.17) is 18.8 Å². The number of furan rings is 2. The number of aliphatic imine (C=N–C) groups is 2. The van der Waals surface area contributed by atoms with Crippen LogP contribution in [0.5, 0.6) is 0 Å². The molecule has 0 aliphatic carbocycles. The van der Waals surface area contributed by atoms with Crippen molar-refractivity contribution < 1.29 is 8.83 Å². The minimum absolute atomic E-state index is 0.337. The van der Waals surface area contributed by atoms with E-state index in [1.165, 1.54) is 5.39 Å². The van der Waals surface area contributed by atoms with Crippen molar-refractivity contribution in [3.8, 4) is 11.1 Å². The monoisotopic (exact) mass is 617 g/mol. The van der Waals surface area contributed by atoms with Gasteiger partial charge in [-0.25, -0.2) is 9.98 Å². The molecular formula is C43H27N3O2. The zero-order valence-corrected chi connectivity index (χ0v) is 25.7. The highest BCUT2D eigenvalue weighted by Crippen LogP contribution is 2.40. The lowest BCUT2D eigenvalue weighted by Gasteiger charge is -2.24. The molecule has 0 bridgehead atoms. The normalized spacial score (nSPS) is 14.9. The second-order valence-corrected chi connectivity index (χ2v) is 12.2. The van der Waals surface area contributed by atoms with Gasteiger partial charge in [-0.05, 0) is 52.2 Å². The number of amidine groups is 2. The molecule has 2 aromatic heterocycles. The zero-order valence-electron chi connectivity index (χ0n) is 25.7. The van der Waals surface area contributed by atoms with Crippen molar-refractivity contribution in [2.75, 3.05) is 0 Å². The quantitative estimate of drug-likeness (QED) is 0.214. The Hall–Kier alpha value is -6.46. The van der Waals surface area contributed by atoms with Gasteiger partial charge in [-0.2, -0.15) is 0 Å². The number of benzene rings is 7. The summed E-state index contributed by atoms with van der Waals surface area (Å²) in [5.41, 5.74) is 8.22. The van der Waals surface area contributed by atoms with E-state index < -0.39 is 0 Å². The summed E-state index contributed by atoms with van der Waals surface area (Å²) in [7, 11) is 0. The lowest BCUT2D eigenvalue weighted by atomic mass is 9.96. The fourth-order valence-corrected chi connectivity index (χ4v) is 7.02. The van der Waals surface area contributed by atoms with Crippen molar-refractivity contribution in [2.24, 2.45) is 9.98 Å². The predicted octanol–water partition coefficient (Wildman–Crippen LogP) is 10.8. The molecule has 1 atom stereocenters. The largest absolute Gasteiger partial charge is 0.456 e. The number of nitrogens with one attached hydrogen (secondary N) is 1. The summed E-state index contributed by atoms with van der Waals surface area (Å²) in [6.45, 7) is 0. The van der Waals surface area contributed by atoms with Crippen molar-refractivity contribution >= 4 is 66.3 Å². The van der Waals surface area contributed by atoms with Crippen molar-refractivity contribution in [3.05, 3.63) is 168 Å². The van der Waals surface area contributed by atoms with Gasteiger partial charge in [0.15, 0.2) is 5.84 Å². The van der Waals surface area contributed by atoms with Gasteiger partial charge in [0.05, 0.1) is 0 Å². The Morgan fingerprint density at radius 2 is 1.23 bits per heavy atom. The molecule has 7 aromatic carbocycles. The molecule has 1 N–H and O–H groups in total. The molecule has 9 aromatic rings. The first kappa shape index (κ1) is 26.7. The summed E-state index contributed by atoms with van der Waals surface area (Å²) in [5.74, 6) is 1.41. The molecule has 3 heterocycles. The highest BCUT2D eigenvalue weighted by atomic mass is 16.3. The third-order valence-electron chi connectivity index (χ3n) is 9.32. The number of para-hydroxylation sites is 3. The van der Waals surface area contributed by atoms with Crippen molar-refractivity contribution in [3.63, 3.8) is 0 Å². The summed E-state index contributed by atoms with van der Waals surface area (Å²) in [6.07, 6.45) is -0.337. The standard InChI is InChI=1S/C43H27N3O2/c1-2-12-27(13-3-1)41-44-42(29-22-21-26-11-4-5-14-28(26)23-29)46-43(45-41)35-24-30(25-38-39(35)34-16-7-9-20-37(34)47-38)31-17-10-18-33-32-15-6-8-19-36(32)48-40(31)33/h1-25,41H,(H,44,45,46). The zero-order chi connectivity index (χ0) is 31.6. The fraction of sp³-hybridized carbons (Fsp3) is 0.0233. The summed E-state index contributed by atoms with van der Waals surface area (Å²) in [5, 5.41) is 10.2. The summed E-state index contributed by atoms with van der Waals surface area (Å²) >= 11 is 0. The van der Waals surface area contributed by atoms with Crippen LogP contribution in [0.4, 0.5) is 0 Å². The SMILES string of the molecule is c1ccc(C2N=C(c3cc(-c4cccc5c4oc4ccccc45)cc4oc5ccccc5c34)N=C(c3ccc4ccccc4c3)N2)cc1. The Morgan fingerprint density at radius 1 is 0.500 bits per heavy atom. The molecule has 0 spiro atoms. The maximum Gasteiger partial charge on any atom is 0.160 e. The van der Waals surface area contributed by atoms with Crippen LogP contribution in [-0.4, -0.2) is 11.7 Å². The molecule has 0 radical (unpaired) electrons. The number of nitrogens with zero attached hydrogens (tertiary/aromatic N) is 2. The van der Waals surface area contributed by atoms with Gasteiger partial charge < -0.3 is 14.2 Å². The molecule has 1 unspecified atom stereocenters. The van der Waals surface area contributed by atoms with Crippen LogP contribution in [0.2, 0.25) is 0 Å². The van der Waals surface area contributed by atoms with E-state index in [9.17, 15) is 0 Å². The van der Waals surface area contributed by atoms with Crippen LogP contribution in [-0.2, 0) is 0 Å². The molecule has 0 saturated carbocycles. The van der Waals surface area contributed by atoms with E-state index in [0.29, 0.717) is 5.84 Å². The maximum atomic E-state index is 6.54. The highest BCUT2D eigenvalue weighted by Gasteiger charge is 2.25. The number of hydrogen-bond donors (Lipinski definition) is 1. The number of rotatable bonds is 4. The minimum Gasteiger partial charge on any atom is -0.456 e. The average Bonchev–Trinajstić information content (AvgIpc) is 3.73. The molecule has 226 valence electrons. The summed E-state index contributed by atoms with van der Waals surface area (Å²) in [6, 6.07) is 52.1. The molecule has 10 rings (SSSR count). The second kappa shape index (κ2) is 10.5. The third-order valence-corrected chi connectivity index (χ3v) is 9.32. The molecule has 5 nitrogen and oxygen atoms in total. The van der Waals surface area contributed by atoms with Crippen LogP contribution in [0, 0.1) is 0 Å². The van der Waals surface area contributed by atoms with Crippen LogP contribution >= 0.6 is 0 Å². The average molecular weight is 618 g/mol. The van der Waals surface area contributed by atoms with Gasteiger partial charge in [0, 0.05) is 38.2 Å². The van der Waals surface area contributed by atoms with Gasteiger partial charge in [-0.1, -0.05) is 121 Å². The maximum absolute atomic E-state index is 6.54. The van der Waals surface area contributed by atoms with Crippen molar-refractivity contribution in [1.82, 2.24) is 5.32 Å². The Balaban J connectivity index is 1.24. The van der Waals surface area contributed by atoms with Gasteiger partial charge in [0.1, 0.15) is 34.3 Å². The highest BCUT2D eigenvalue weighted by molar-refractivity contribution is 6.23. The van der Waals surface area contributed by atoms with Gasteiger partial charge >= 0.3 is 0 Å². The molecule has 1 aliphatic heterocycles. The van der Waals surface area contributed by atoms with E-state index in [1.807, 2.05) is 54.6 Å². The van der Waals surface area contributed by atoms with Crippen LogP contribution in [0.25, 0.3) is 65.8 Å². The fourth-order valence-electron chi connectivity index (χ4n) is 7.02. The van der Waals surface area contributed by atoms with Crippen LogP contribution in [0.1, 0.15) is 22.9 Å². The summed E-state index contributed by atoms with van der Waals surface area (Å²) < 4.78 is 13.0. The molecular weight excluding hydrogens is 590 g/mol. The van der Waals surface area contributed by atoms with Crippen LogP contribution in [0.3, 0.4) is 0 Å². The Kier molecular flexibility index (Phi) is 5.87. The van der Waals surface area contributed by atoms with Crippen molar-refractivity contribution in [1.29, 1.82) is 0 Å². The van der Waals surface area contributed by atoms with E-state index in [0.717, 1.165) is 82.9 Å². The summed E-state index contributed by atoms with van der Waals surface area (Å²) in [4.78, 5) is 10.5. The molecule has 0 fully saturated rings. The third kappa shape index (κ3) is 4.25. The Labute approximate surface area is 275 Å². The molecule has 0 saturated heterocycles. The van der Waals surface area contributed by atoms with Crippen LogP contribution < -0.4 is 5.32 Å². The van der Waals surface area contributed by atoms with E-state index in [2.05, 4.69) is 102 Å². The second-order valence-electron chi connectivity index (χ2n) is 12.2. The van der Waals surface area contributed by atoms with E-state index in [-0.39, 0.29) is 6.17 Å². The molecule has 48 heavy (non-hydrogen) atoms. The van der Waals surface area contributed by atoms with Gasteiger partial charge in [0.25, 0.3) is 0 Å². The number of hydrogen-bond acceptors (Lipinski definition) is 5. The smallest absolute Gasteiger partial charge is 0.160 e. The van der Waals surface area contributed by atoms with Crippen molar-refractivity contribution in [2.45, 2.75) is 6.17 Å². The first-order valence-electron chi connectivity index (χ1n) is 16.1. The topological polar surface area (TPSA) is 63.0 Å². The van der Waals surface area contributed by atoms with E-state index in [1.54, 1.807) is 0 Å². The Bertz CT molecular complexity index is 2770. The predicted molar refractivity (Wildman–Crippen MR) is 196 cm³/mol. The van der Waals surface area contributed by atoms with E-state index >= 15 is 0 Å². The Morgan fingerprint density at radius 3 is 2.10 bits per heavy atom.